The maximum Gasteiger partial charge on any atom is 0.209 e. The Labute approximate surface area is 69.1 Å². The van der Waals surface area contributed by atoms with Crippen LogP contribution < -0.4 is 0 Å². The van der Waals surface area contributed by atoms with E-state index in [1.54, 1.807) is 12.2 Å². The van der Waals surface area contributed by atoms with Gasteiger partial charge in [-0.25, -0.2) is 0 Å². The standard InChI is InChI=1S/C9H18NO/c1-5-7-9(11)8-10(3,4)6-2/h5,7H,6,8H2,1-4H3/q+1. The normalized spacial score (nSPS) is 12.4. The van der Waals surface area contributed by atoms with Gasteiger partial charge in [-0.15, -0.1) is 0 Å². The molecule has 0 N–H and O–H groups in total. The molecule has 0 aliphatic rings. The Morgan fingerprint density at radius 2 is 2.00 bits per heavy atom. The molecule has 11 heavy (non-hydrogen) atoms. The molecule has 0 spiro atoms. The summed E-state index contributed by atoms with van der Waals surface area (Å²) < 4.78 is 0.767. The Morgan fingerprint density at radius 3 is 2.36 bits per heavy atom. The van der Waals surface area contributed by atoms with E-state index in [0.29, 0.717) is 6.54 Å². The summed E-state index contributed by atoms with van der Waals surface area (Å²) in [6.07, 6.45) is 3.42. The summed E-state index contributed by atoms with van der Waals surface area (Å²) in [6.45, 7) is 5.54. The second-order valence-electron chi connectivity index (χ2n) is 3.38. The minimum Gasteiger partial charge on any atom is -0.322 e. The van der Waals surface area contributed by atoms with Gasteiger partial charge in [-0.3, -0.25) is 4.79 Å². The minimum atomic E-state index is 0.208. The number of nitrogens with zero attached hydrogens (tertiary/aromatic N) is 1. The maximum absolute atomic E-state index is 11.1. The van der Waals surface area contributed by atoms with E-state index in [0.717, 1.165) is 11.0 Å². The van der Waals surface area contributed by atoms with Crippen LogP contribution in [0, 0.1) is 0 Å². The second kappa shape index (κ2) is 4.29. The first-order valence-electron chi connectivity index (χ1n) is 3.99. The zero-order chi connectivity index (χ0) is 8.91. The SMILES string of the molecule is CC=CC(=O)C[N+](C)(C)CC. The lowest BCUT2D eigenvalue weighted by Gasteiger charge is -2.26. The summed E-state index contributed by atoms with van der Waals surface area (Å²) in [5, 5.41) is 0. The molecule has 0 aliphatic heterocycles. The van der Waals surface area contributed by atoms with Crippen LogP contribution in [-0.2, 0) is 4.79 Å². The van der Waals surface area contributed by atoms with Gasteiger partial charge in [-0.2, -0.15) is 0 Å². The van der Waals surface area contributed by atoms with Crippen LogP contribution in [-0.4, -0.2) is 37.5 Å². The number of rotatable bonds is 4. The van der Waals surface area contributed by atoms with Crippen LogP contribution in [0.1, 0.15) is 13.8 Å². The van der Waals surface area contributed by atoms with Crippen LogP contribution in [0.3, 0.4) is 0 Å². The summed E-state index contributed by atoms with van der Waals surface area (Å²) in [5.41, 5.74) is 0. The van der Waals surface area contributed by atoms with Crippen LogP contribution in [0.15, 0.2) is 12.2 Å². The van der Waals surface area contributed by atoms with Gasteiger partial charge in [0.15, 0.2) is 0 Å². The molecule has 0 aromatic heterocycles. The van der Waals surface area contributed by atoms with Crippen molar-refractivity contribution < 1.29 is 9.28 Å². The largest absolute Gasteiger partial charge is 0.322 e. The number of ketones is 1. The molecule has 0 bridgehead atoms. The van der Waals surface area contributed by atoms with Crippen LogP contribution in [0.25, 0.3) is 0 Å². The Morgan fingerprint density at radius 1 is 1.45 bits per heavy atom. The molecule has 0 rings (SSSR count). The highest BCUT2D eigenvalue weighted by molar-refractivity contribution is 5.90. The number of carbonyl (C=O) groups excluding carboxylic acids is 1. The number of likely N-dealkylation sites (N-methyl/N-ethyl adjacent to an activating group) is 1. The van der Waals surface area contributed by atoms with E-state index in [4.69, 9.17) is 0 Å². The molecular weight excluding hydrogens is 138 g/mol. The third kappa shape index (κ3) is 4.73. The smallest absolute Gasteiger partial charge is 0.209 e. The van der Waals surface area contributed by atoms with Crippen molar-refractivity contribution >= 4 is 5.78 Å². The zero-order valence-electron chi connectivity index (χ0n) is 7.92. The lowest BCUT2D eigenvalue weighted by Crippen LogP contribution is -2.43. The van der Waals surface area contributed by atoms with Gasteiger partial charge >= 0.3 is 0 Å². The molecule has 0 fully saturated rings. The lowest BCUT2D eigenvalue weighted by atomic mass is 10.3. The molecule has 0 saturated heterocycles. The van der Waals surface area contributed by atoms with Gasteiger partial charge in [-0.1, -0.05) is 6.08 Å². The fraction of sp³-hybridized carbons (Fsp3) is 0.667. The minimum absolute atomic E-state index is 0.208. The van der Waals surface area contributed by atoms with E-state index in [1.807, 2.05) is 6.92 Å². The summed E-state index contributed by atoms with van der Waals surface area (Å²) >= 11 is 0. The molecule has 64 valence electrons. The van der Waals surface area contributed by atoms with Gasteiger partial charge in [-0.05, 0) is 19.9 Å². The molecular formula is C9H18NO+. The first kappa shape index (κ1) is 10.4. The highest BCUT2D eigenvalue weighted by Crippen LogP contribution is 1.95. The van der Waals surface area contributed by atoms with Gasteiger partial charge in [0.1, 0.15) is 6.54 Å². The molecule has 0 unspecified atom stereocenters. The highest BCUT2D eigenvalue weighted by atomic mass is 16.1. The fourth-order valence-corrected chi connectivity index (χ4v) is 0.772. The summed E-state index contributed by atoms with van der Waals surface area (Å²) in [6, 6.07) is 0. The van der Waals surface area contributed by atoms with Gasteiger partial charge in [0.25, 0.3) is 0 Å². The molecule has 0 aromatic carbocycles. The van der Waals surface area contributed by atoms with E-state index in [2.05, 4.69) is 21.0 Å². The summed E-state index contributed by atoms with van der Waals surface area (Å²) in [4.78, 5) is 11.1. The first-order valence-corrected chi connectivity index (χ1v) is 3.99. The van der Waals surface area contributed by atoms with E-state index >= 15 is 0 Å². The maximum atomic E-state index is 11.1. The van der Waals surface area contributed by atoms with E-state index in [9.17, 15) is 4.79 Å². The predicted octanol–water partition coefficient (Wildman–Crippen LogP) is 1.23. The van der Waals surface area contributed by atoms with Gasteiger partial charge in [0.05, 0.1) is 20.6 Å². The highest BCUT2D eigenvalue weighted by Gasteiger charge is 2.14. The van der Waals surface area contributed by atoms with Gasteiger partial charge in [0, 0.05) is 0 Å². The van der Waals surface area contributed by atoms with Crippen LogP contribution >= 0.6 is 0 Å². The number of quaternary nitrogens is 1. The van der Waals surface area contributed by atoms with Gasteiger partial charge < -0.3 is 4.48 Å². The van der Waals surface area contributed by atoms with Crippen molar-refractivity contribution in [3.63, 3.8) is 0 Å². The Balaban J connectivity index is 3.93. The average Bonchev–Trinajstić information content (AvgIpc) is 1.87. The molecule has 2 heteroatoms. The third-order valence-corrected chi connectivity index (χ3v) is 1.79. The number of hydrogen-bond acceptors (Lipinski definition) is 1. The molecule has 0 aliphatic carbocycles. The quantitative estimate of drug-likeness (QED) is 0.442. The molecule has 0 saturated carbocycles. The van der Waals surface area contributed by atoms with Crippen molar-refractivity contribution in [2.24, 2.45) is 0 Å². The fourth-order valence-electron chi connectivity index (χ4n) is 0.772. The van der Waals surface area contributed by atoms with Crippen molar-refractivity contribution in [1.82, 2.24) is 0 Å². The number of allylic oxidation sites excluding steroid dienone is 1. The zero-order valence-corrected chi connectivity index (χ0v) is 7.92. The van der Waals surface area contributed by atoms with Gasteiger partial charge in [0.2, 0.25) is 5.78 Å². The van der Waals surface area contributed by atoms with Crippen molar-refractivity contribution in [3.05, 3.63) is 12.2 Å². The number of hydrogen-bond donors (Lipinski definition) is 0. The Hall–Kier alpha value is -0.630. The number of carbonyl (C=O) groups is 1. The summed E-state index contributed by atoms with van der Waals surface area (Å²) in [5.74, 6) is 0.208. The molecule has 0 aromatic rings. The lowest BCUT2D eigenvalue weighted by molar-refractivity contribution is -0.880. The third-order valence-electron chi connectivity index (χ3n) is 1.79. The molecule has 2 nitrogen and oxygen atoms in total. The second-order valence-corrected chi connectivity index (χ2v) is 3.38. The van der Waals surface area contributed by atoms with Crippen molar-refractivity contribution in [3.8, 4) is 0 Å². The van der Waals surface area contributed by atoms with Crippen LogP contribution in [0.2, 0.25) is 0 Å². The first-order chi connectivity index (χ1) is 5.02. The molecule has 0 amide bonds. The summed E-state index contributed by atoms with van der Waals surface area (Å²) in [7, 11) is 4.11. The van der Waals surface area contributed by atoms with E-state index < -0.39 is 0 Å². The topological polar surface area (TPSA) is 17.1 Å². The molecule has 0 heterocycles. The monoisotopic (exact) mass is 156 g/mol. The van der Waals surface area contributed by atoms with Crippen LogP contribution in [0.4, 0.5) is 0 Å². The van der Waals surface area contributed by atoms with Crippen molar-refractivity contribution in [2.45, 2.75) is 13.8 Å². The van der Waals surface area contributed by atoms with Crippen molar-refractivity contribution in [1.29, 1.82) is 0 Å². The predicted molar refractivity (Wildman–Crippen MR) is 47.3 cm³/mol. The van der Waals surface area contributed by atoms with Crippen molar-refractivity contribution in [2.75, 3.05) is 27.2 Å². The van der Waals surface area contributed by atoms with E-state index in [-0.39, 0.29) is 5.78 Å². The van der Waals surface area contributed by atoms with E-state index in [1.165, 1.54) is 0 Å². The van der Waals surface area contributed by atoms with Crippen LogP contribution in [0.5, 0.6) is 0 Å². The Bertz CT molecular complexity index is 159. The average molecular weight is 156 g/mol. The molecule has 0 radical (unpaired) electrons. The molecule has 0 atom stereocenters. The Kier molecular flexibility index (Phi) is 4.04.